The highest BCUT2D eigenvalue weighted by Crippen LogP contribution is 2.28. The predicted molar refractivity (Wildman–Crippen MR) is 122 cm³/mol. The summed E-state index contributed by atoms with van der Waals surface area (Å²) in [5.74, 6) is -0.688. The summed E-state index contributed by atoms with van der Waals surface area (Å²) in [5, 5.41) is 5.14. The predicted octanol–water partition coefficient (Wildman–Crippen LogP) is 4.09. The zero-order valence-corrected chi connectivity index (χ0v) is 17.3. The highest BCUT2D eigenvalue weighted by molar-refractivity contribution is 6.03. The standard InChI is InChI=1S/C24H22FN3O4/c1-31-22-14-16(11-13-23(29)28-20-9-5-3-7-18(20)26)10-12-21(22)32-15-24(30)27-19-8-4-2-6-17(19)25/h2-14H,15,26H2,1H3,(H,27,30)(H,28,29)/b13-11+. The van der Waals surface area contributed by atoms with Crippen LogP contribution in [0.2, 0.25) is 0 Å². The van der Waals surface area contributed by atoms with E-state index in [1.54, 1.807) is 54.6 Å². The van der Waals surface area contributed by atoms with Crippen molar-refractivity contribution in [2.24, 2.45) is 0 Å². The number of benzene rings is 3. The summed E-state index contributed by atoms with van der Waals surface area (Å²) in [6.45, 7) is -0.333. The average Bonchev–Trinajstić information content (AvgIpc) is 2.79. The van der Waals surface area contributed by atoms with Crippen LogP contribution >= 0.6 is 0 Å². The van der Waals surface area contributed by atoms with Crippen molar-refractivity contribution >= 4 is 35.0 Å². The number of anilines is 3. The number of hydrogen-bond donors (Lipinski definition) is 3. The van der Waals surface area contributed by atoms with Gasteiger partial charge in [0.25, 0.3) is 5.91 Å². The van der Waals surface area contributed by atoms with E-state index in [0.29, 0.717) is 28.4 Å². The SMILES string of the molecule is COc1cc(/C=C/C(=O)Nc2ccccc2N)ccc1OCC(=O)Nc1ccccc1F. The van der Waals surface area contributed by atoms with Gasteiger partial charge in [-0.15, -0.1) is 0 Å². The Labute approximate surface area is 184 Å². The second-order valence-corrected chi connectivity index (χ2v) is 6.64. The molecule has 7 nitrogen and oxygen atoms in total. The Morgan fingerprint density at radius 2 is 1.69 bits per heavy atom. The molecule has 0 saturated heterocycles. The van der Waals surface area contributed by atoms with Crippen LogP contribution in [-0.4, -0.2) is 25.5 Å². The molecular formula is C24H22FN3O4. The summed E-state index contributed by atoms with van der Waals surface area (Å²) in [5.41, 5.74) is 7.56. The Morgan fingerprint density at radius 1 is 0.969 bits per heavy atom. The molecule has 0 saturated carbocycles. The van der Waals surface area contributed by atoms with Gasteiger partial charge in [0.05, 0.1) is 24.2 Å². The van der Waals surface area contributed by atoms with Crippen LogP contribution in [0, 0.1) is 5.82 Å². The van der Waals surface area contributed by atoms with Crippen molar-refractivity contribution in [3.05, 3.63) is 84.2 Å². The number of ether oxygens (including phenoxy) is 2. The Kier molecular flexibility index (Phi) is 7.42. The Bertz CT molecular complexity index is 1150. The maximum Gasteiger partial charge on any atom is 0.262 e. The first kappa shape index (κ1) is 22.4. The molecule has 0 aliphatic carbocycles. The van der Waals surface area contributed by atoms with E-state index in [1.807, 2.05) is 0 Å². The fraction of sp³-hybridized carbons (Fsp3) is 0.0833. The highest BCUT2D eigenvalue weighted by atomic mass is 19.1. The Morgan fingerprint density at radius 3 is 2.41 bits per heavy atom. The van der Waals surface area contributed by atoms with Gasteiger partial charge in [-0.3, -0.25) is 9.59 Å². The molecule has 0 spiro atoms. The third kappa shape index (κ3) is 6.09. The summed E-state index contributed by atoms with van der Waals surface area (Å²) in [6, 6.07) is 17.8. The fourth-order valence-corrected chi connectivity index (χ4v) is 2.76. The van der Waals surface area contributed by atoms with Gasteiger partial charge in [-0.2, -0.15) is 0 Å². The first-order valence-electron chi connectivity index (χ1n) is 9.65. The molecule has 0 fully saturated rings. The lowest BCUT2D eigenvalue weighted by molar-refractivity contribution is -0.118. The molecule has 3 rings (SSSR count). The number of carbonyl (C=O) groups excluding carboxylic acids is 2. The van der Waals surface area contributed by atoms with E-state index in [-0.39, 0.29) is 18.2 Å². The van der Waals surface area contributed by atoms with Crippen molar-refractivity contribution in [2.75, 3.05) is 30.1 Å². The normalized spacial score (nSPS) is 10.6. The summed E-state index contributed by atoms with van der Waals surface area (Å²) in [6.07, 6.45) is 2.97. The molecule has 4 N–H and O–H groups in total. The van der Waals surface area contributed by atoms with Gasteiger partial charge < -0.3 is 25.8 Å². The Hall–Kier alpha value is -4.33. The zero-order valence-electron chi connectivity index (χ0n) is 17.3. The van der Waals surface area contributed by atoms with E-state index in [2.05, 4.69) is 10.6 Å². The van der Waals surface area contributed by atoms with Crippen LogP contribution in [0.1, 0.15) is 5.56 Å². The van der Waals surface area contributed by atoms with E-state index in [0.717, 1.165) is 0 Å². The number of nitrogens with two attached hydrogens (primary N) is 1. The molecule has 8 heteroatoms. The number of hydrogen-bond acceptors (Lipinski definition) is 5. The molecule has 2 amide bonds. The maximum atomic E-state index is 13.6. The molecule has 3 aromatic rings. The van der Waals surface area contributed by atoms with Crippen molar-refractivity contribution in [2.45, 2.75) is 0 Å². The van der Waals surface area contributed by atoms with Crippen molar-refractivity contribution in [1.82, 2.24) is 0 Å². The van der Waals surface area contributed by atoms with Crippen LogP contribution in [0.3, 0.4) is 0 Å². The van der Waals surface area contributed by atoms with Gasteiger partial charge >= 0.3 is 0 Å². The van der Waals surface area contributed by atoms with E-state index >= 15 is 0 Å². The number of para-hydroxylation sites is 3. The largest absolute Gasteiger partial charge is 0.493 e. The van der Waals surface area contributed by atoms with Crippen LogP contribution in [0.15, 0.2) is 72.8 Å². The lowest BCUT2D eigenvalue weighted by atomic mass is 10.2. The van der Waals surface area contributed by atoms with Gasteiger partial charge in [0, 0.05) is 6.08 Å². The third-order valence-electron chi connectivity index (χ3n) is 4.34. The second-order valence-electron chi connectivity index (χ2n) is 6.64. The topological polar surface area (TPSA) is 103 Å². The van der Waals surface area contributed by atoms with Gasteiger partial charge in [-0.25, -0.2) is 4.39 Å². The van der Waals surface area contributed by atoms with Gasteiger partial charge in [-0.1, -0.05) is 30.3 Å². The smallest absolute Gasteiger partial charge is 0.262 e. The molecule has 164 valence electrons. The van der Waals surface area contributed by atoms with Crippen LogP contribution in [0.4, 0.5) is 21.5 Å². The number of nitrogen functional groups attached to an aromatic ring is 1. The summed E-state index contributed by atoms with van der Waals surface area (Å²) >= 11 is 0. The van der Waals surface area contributed by atoms with Crippen molar-refractivity contribution < 1.29 is 23.5 Å². The number of carbonyl (C=O) groups is 2. The fourth-order valence-electron chi connectivity index (χ4n) is 2.76. The molecule has 0 aliphatic heterocycles. The minimum absolute atomic E-state index is 0.0732. The lowest BCUT2D eigenvalue weighted by Crippen LogP contribution is -2.20. The summed E-state index contributed by atoms with van der Waals surface area (Å²) < 4.78 is 24.4. The van der Waals surface area contributed by atoms with Crippen LogP contribution in [0.25, 0.3) is 6.08 Å². The van der Waals surface area contributed by atoms with Crippen LogP contribution in [0.5, 0.6) is 11.5 Å². The quantitative estimate of drug-likeness (QED) is 0.365. The molecule has 32 heavy (non-hydrogen) atoms. The molecule has 0 aliphatic rings. The monoisotopic (exact) mass is 435 g/mol. The summed E-state index contributed by atoms with van der Waals surface area (Å²) in [7, 11) is 1.46. The molecule has 0 heterocycles. The number of methoxy groups -OCH3 is 1. The number of halogens is 1. The summed E-state index contributed by atoms with van der Waals surface area (Å²) in [4.78, 5) is 24.2. The van der Waals surface area contributed by atoms with Gasteiger partial charge in [0.1, 0.15) is 5.82 Å². The molecule has 0 aromatic heterocycles. The number of amides is 2. The third-order valence-corrected chi connectivity index (χ3v) is 4.34. The lowest BCUT2D eigenvalue weighted by Gasteiger charge is -2.12. The number of nitrogens with one attached hydrogen (secondary N) is 2. The molecular weight excluding hydrogens is 413 g/mol. The van der Waals surface area contributed by atoms with E-state index in [1.165, 1.54) is 31.4 Å². The van der Waals surface area contributed by atoms with Gasteiger partial charge in [0.2, 0.25) is 5.91 Å². The number of rotatable bonds is 8. The first-order valence-corrected chi connectivity index (χ1v) is 9.65. The van der Waals surface area contributed by atoms with Crippen LogP contribution < -0.4 is 25.8 Å². The Balaban J connectivity index is 1.59. The van der Waals surface area contributed by atoms with Crippen molar-refractivity contribution in [3.63, 3.8) is 0 Å². The molecule has 0 radical (unpaired) electrons. The zero-order chi connectivity index (χ0) is 22.9. The van der Waals surface area contributed by atoms with E-state index in [4.69, 9.17) is 15.2 Å². The van der Waals surface area contributed by atoms with E-state index < -0.39 is 11.7 Å². The minimum Gasteiger partial charge on any atom is -0.493 e. The first-order chi connectivity index (χ1) is 15.5. The molecule has 0 bridgehead atoms. The minimum atomic E-state index is -0.534. The molecule has 0 unspecified atom stereocenters. The maximum absolute atomic E-state index is 13.6. The van der Waals surface area contributed by atoms with Gasteiger partial charge in [0.15, 0.2) is 18.1 Å². The van der Waals surface area contributed by atoms with Crippen LogP contribution in [-0.2, 0) is 9.59 Å². The van der Waals surface area contributed by atoms with Gasteiger partial charge in [-0.05, 0) is 48.0 Å². The molecule has 0 atom stereocenters. The van der Waals surface area contributed by atoms with Crippen molar-refractivity contribution in [3.8, 4) is 11.5 Å². The second kappa shape index (κ2) is 10.6. The van der Waals surface area contributed by atoms with E-state index in [9.17, 15) is 14.0 Å². The average molecular weight is 435 g/mol. The molecule has 3 aromatic carbocycles. The van der Waals surface area contributed by atoms with Crippen molar-refractivity contribution in [1.29, 1.82) is 0 Å². The highest BCUT2D eigenvalue weighted by Gasteiger charge is 2.10.